The maximum Gasteiger partial charge on any atom is 0.193 e. The van der Waals surface area contributed by atoms with E-state index in [2.05, 4.69) is 16.4 Å². The van der Waals surface area contributed by atoms with Crippen LogP contribution in [0.1, 0.15) is 17.5 Å². The number of aliphatic imine (C=N–C) groups is 1. The molecule has 0 amide bonds. The molecular weight excluding hydrogens is 341 g/mol. The minimum atomic E-state index is -3.73. The van der Waals surface area contributed by atoms with E-state index in [4.69, 9.17) is 5.73 Å². The van der Waals surface area contributed by atoms with E-state index in [-0.39, 0.29) is 23.2 Å². The van der Waals surface area contributed by atoms with Crippen molar-refractivity contribution in [3.63, 3.8) is 0 Å². The van der Waals surface area contributed by atoms with Gasteiger partial charge in [-0.05, 0) is 54.7 Å². The van der Waals surface area contributed by atoms with Crippen LogP contribution in [0.2, 0.25) is 0 Å². The molecule has 0 saturated carbocycles. The van der Waals surface area contributed by atoms with Gasteiger partial charge < -0.3 is 11.1 Å². The average molecular weight is 361 g/mol. The molecule has 0 radical (unpaired) electrons. The molecule has 3 N–H and O–H groups in total. The molecule has 0 unspecified atom stereocenters. The standard InChI is InChI=1S/C18H20FN3O2S/c19-16-6-1-2-7-17(16)25(23,24)11-10-21-18(20)22-15-9-8-13-4-3-5-14(13)12-15/h1-2,6-9,12H,3-5,10-11H2,(H3,20,21,22). The number of nitrogens with two attached hydrogens (primary N) is 1. The second-order valence-electron chi connectivity index (χ2n) is 5.98. The molecule has 0 atom stereocenters. The normalized spacial score (nSPS) is 14.4. The van der Waals surface area contributed by atoms with Crippen molar-refractivity contribution in [3.8, 4) is 0 Å². The van der Waals surface area contributed by atoms with Crippen LogP contribution in [-0.2, 0) is 22.7 Å². The van der Waals surface area contributed by atoms with Gasteiger partial charge in [-0.3, -0.25) is 4.99 Å². The molecule has 0 saturated heterocycles. The summed E-state index contributed by atoms with van der Waals surface area (Å²) in [4.78, 5) is 3.73. The van der Waals surface area contributed by atoms with E-state index in [1.165, 1.54) is 29.3 Å². The number of sulfone groups is 1. The first kappa shape index (κ1) is 17.4. The first-order valence-electron chi connectivity index (χ1n) is 8.12. The average Bonchev–Trinajstić information content (AvgIpc) is 3.02. The van der Waals surface area contributed by atoms with Gasteiger partial charge in [0.25, 0.3) is 0 Å². The zero-order valence-corrected chi connectivity index (χ0v) is 14.5. The molecule has 3 rings (SSSR count). The Morgan fingerprint density at radius 3 is 2.72 bits per heavy atom. The lowest BCUT2D eigenvalue weighted by molar-refractivity contribution is 0.567. The highest BCUT2D eigenvalue weighted by Gasteiger charge is 2.18. The Kier molecular flexibility index (Phi) is 5.03. The fourth-order valence-corrected chi connectivity index (χ4v) is 4.13. The van der Waals surface area contributed by atoms with Gasteiger partial charge in [-0.15, -0.1) is 0 Å². The van der Waals surface area contributed by atoms with Crippen molar-refractivity contribution < 1.29 is 12.8 Å². The van der Waals surface area contributed by atoms with Crippen molar-refractivity contribution in [1.29, 1.82) is 0 Å². The summed E-state index contributed by atoms with van der Waals surface area (Å²) in [6, 6.07) is 11.4. The fourth-order valence-electron chi connectivity index (χ4n) is 2.93. The Morgan fingerprint density at radius 1 is 1.16 bits per heavy atom. The van der Waals surface area contributed by atoms with E-state index in [1.54, 1.807) is 0 Å². The zero-order valence-electron chi connectivity index (χ0n) is 13.7. The molecule has 0 spiro atoms. The smallest absolute Gasteiger partial charge is 0.193 e. The van der Waals surface area contributed by atoms with Gasteiger partial charge in [-0.25, -0.2) is 12.8 Å². The molecule has 1 aliphatic rings. The predicted molar refractivity (Wildman–Crippen MR) is 97.0 cm³/mol. The second-order valence-corrected chi connectivity index (χ2v) is 8.06. The minimum Gasteiger partial charge on any atom is -0.370 e. The highest BCUT2D eigenvalue weighted by molar-refractivity contribution is 7.91. The van der Waals surface area contributed by atoms with Gasteiger partial charge in [0.15, 0.2) is 15.8 Å². The van der Waals surface area contributed by atoms with Crippen molar-refractivity contribution in [1.82, 2.24) is 0 Å². The number of anilines is 1. The zero-order chi connectivity index (χ0) is 17.9. The summed E-state index contributed by atoms with van der Waals surface area (Å²) >= 11 is 0. The fraction of sp³-hybridized carbons (Fsp3) is 0.278. The summed E-state index contributed by atoms with van der Waals surface area (Å²) in [6.07, 6.45) is 3.33. The number of guanidine groups is 1. The van der Waals surface area contributed by atoms with Crippen molar-refractivity contribution in [2.24, 2.45) is 10.7 Å². The van der Waals surface area contributed by atoms with Crippen LogP contribution in [0, 0.1) is 5.82 Å². The van der Waals surface area contributed by atoms with Gasteiger partial charge in [-0.1, -0.05) is 18.2 Å². The van der Waals surface area contributed by atoms with E-state index in [0.717, 1.165) is 31.0 Å². The summed E-state index contributed by atoms with van der Waals surface area (Å²) in [5.74, 6) is -0.919. The maximum absolute atomic E-state index is 13.6. The highest BCUT2D eigenvalue weighted by atomic mass is 32.2. The van der Waals surface area contributed by atoms with Gasteiger partial charge in [-0.2, -0.15) is 0 Å². The maximum atomic E-state index is 13.6. The third kappa shape index (κ3) is 4.17. The van der Waals surface area contributed by atoms with Gasteiger partial charge in [0.05, 0.1) is 12.3 Å². The molecule has 132 valence electrons. The molecule has 0 heterocycles. The van der Waals surface area contributed by atoms with Crippen LogP contribution < -0.4 is 11.1 Å². The Balaban J connectivity index is 1.61. The topological polar surface area (TPSA) is 84.5 Å². The quantitative estimate of drug-likeness (QED) is 0.633. The van der Waals surface area contributed by atoms with Crippen LogP contribution in [0.15, 0.2) is 52.4 Å². The number of hydrogen-bond donors (Lipinski definition) is 2. The van der Waals surface area contributed by atoms with Gasteiger partial charge in [0.1, 0.15) is 10.7 Å². The Morgan fingerprint density at radius 2 is 1.92 bits per heavy atom. The molecule has 0 fully saturated rings. The number of hydrogen-bond acceptors (Lipinski definition) is 3. The van der Waals surface area contributed by atoms with Crippen molar-refractivity contribution in [2.75, 3.05) is 17.6 Å². The molecule has 25 heavy (non-hydrogen) atoms. The van der Waals surface area contributed by atoms with Crippen LogP contribution in [0.25, 0.3) is 0 Å². The first-order valence-corrected chi connectivity index (χ1v) is 9.77. The number of nitrogens with zero attached hydrogens (tertiary/aromatic N) is 1. The van der Waals surface area contributed by atoms with Crippen molar-refractivity contribution >= 4 is 21.5 Å². The van der Waals surface area contributed by atoms with Crippen LogP contribution in [0.5, 0.6) is 0 Å². The van der Waals surface area contributed by atoms with E-state index >= 15 is 0 Å². The SMILES string of the molecule is NC(=NCCS(=O)(=O)c1ccccc1F)Nc1ccc2c(c1)CCC2. The van der Waals surface area contributed by atoms with Crippen LogP contribution in [0.3, 0.4) is 0 Å². The molecular formula is C18H20FN3O2S. The first-order chi connectivity index (χ1) is 12.0. The summed E-state index contributed by atoms with van der Waals surface area (Å²) < 4.78 is 37.9. The number of benzene rings is 2. The Labute approximate surface area is 146 Å². The molecule has 0 aliphatic heterocycles. The molecule has 2 aromatic rings. The molecule has 2 aromatic carbocycles. The summed E-state index contributed by atoms with van der Waals surface area (Å²) in [5.41, 5.74) is 9.31. The lowest BCUT2D eigenvalue weighted by atomic mass is 10.1. The van der Waals surface area contributed by atoms with Gasteiger partial charge in [0, 0.05) is 5.69 Å². The molecule has 5 nitrogen and oxygen atoms in total. The Hall–Kier alpha value is -2.41. The molecule has 0 bridgehead atoms. The van der Waals surface area contributed by atoms with E-state index in [0.29, 0.717) is 0 Å². The largest absolute Gasteiger partial charge is 0.370 e. The highest BCUT2D eigenvalue weighted by Crippen LogP contribution is 2.24. The third-order valence-electron chi connectivity index (χ3n) is 4.18. The number of fused-ring (bicyclic) bond motifs is 1. The minimum absolute atomic E-state index is 0.0412. The van der Waals surface area contributed by atoms with E-state index in [1.807, 2.05) is 12.1 Å². The third-order valence-corrected chi connectivity index (χ3v) is 5.91. The number of halogens is 1. The predicted octanol–water partition coefficient (Wildman–Crippen LogP) is 2.51. The molecule has 0 aromatic heterocycles. The summed E-state index contributed by atoms with van der Waals surface area (Å²) in [7, 11) is -3.73. The second kappa shape index (κ2) is 7.23. The molecule has 7 heteroatoms. The summed E-state index contributed by atoms with van der Waals surface area (Å²) in [6.45, 7) is -0.0412. The Bertz CT molecular complexity index is 910. The van der Waals surface area contributed by atoms with Gasteiger partial charge in [0.2, 0.25) is 0 Å². The van der Waals surface area contributed by atoms with Gasteiger partial charge >= 0.3 is 0 Å². The van der Waals surface area contributed by atoms with E-state index in [9.17, 15) is 12.8 Å². The lowest BCUT2D eigenvalue weighted by Gasteiger charge is -2.08. The lowest BCUT2D eigenvalue weighted by Crippen LogP contribution is -2.24. The number of nitrogens with one attached hydrogen (secondary N) is 1. The number of aryl methyl sites for hydroxylation is 2. The van der Waals surface area contributed by atoms with E-state index < -0.39 is 15.7 Å². The molecule has 1 aliphatic carbocycles. The summed E-state index contributed by atoms with van der Waals surface area (Å²) in [5, 5.41) is 2.97. The van der Waals surface area contributed by atoms with Crippen LogP contribution in [0.4, 0.5) is 10.1 Å². The monoisotopic (exact) mass is 361 g/mol. The van der Waals surface area contributed by atoms with Crippen molar-refractivity contribution in [3.05, 3.63) is 59.4 Å². The van der Waals surface area contributed by atoms with Crippen molar-refractivity contribution in [2.45, 2.75) is 24.2 Å². The van der Waals surface area contributed by atoms with Crippen LogP contribution >= 0.6 is 0 Å². The number of rotatable bonds is 5. The van der Waals surface area contributed by atoms with Crippen LogP contribution in [-0.4, -0.2) is 26.7 Å².